The zero-order valence-corrected chi connectivity index (χ0v) is 19.8. The molecule has 7 heteroatoms. The van der Waals surface area contributed by atoms with Crippen molar-refractivity contribution in [1.82, 2.24) is 19.4 Å². The maximum absolute atomic E-state index is 12.8. The highest BCUT2D eigenvalue weighted by atomic mass is 16.1. The van der Waals surface area contributed by atoms with Gasteiger partial charge in [0.05, 0.1) is 16.6 Å². The smallest absolute Gasteiger partial charge is 0.226 e. The van der Waals surface area contributed by atoms with Crippen LogP contribution in [-0.4, -0.2) is 58.6 Å². The van der Waals surface area contributed by atoms with Gasteiger partial charge in [0.1, 0.15) is 5.52 Å². The first-order valence-corrected chi connectivity index (χ1v) is 12.1. The first-order valence-electron chi connectivity index (χ1n) is 12.1. The molecule has 1 aliphatic heterocycles. The molecule has 6 rings (SSSR count). The average molecular weight is 465 g/mol. The summed E-state index contributed by atoms with van der Waals surface area (Å²) in [5.74, 6) is -0.0166. The minimum atomic E-state index is -0.0166. The molecule has 3 heterocycles. The van der Waals surface area contributed by atoms with Crippen LogP contribution in [0.2, 0.25) is 0 Å². The number of benzene rings is 3. The number of likely N-dealkylation sites (N-methyl/N-ethyl adjacent to an activating group) is 1. The molecule has 7 nitrogen and oxygen atoms in total. The average Bonchev–Trinajstić information content (AvgIpc) is 3.19. The predicted octanol–water partition coefficient (Wildman–Crippen LogP) is 4.52. The molecule has 0 spiro atoms. The summed E-state index contributed by atoms with van der Waals surface area (Å²) in [5, 5.41) is 4.11. The summed E-state index contributed by atoms with van der Waals surface area (Å²) >= 11 is 0. The van der Waals surface area contributed by atoms with Crippen LogP contribution in [0.3, 0.4) is 0 Å². The molecule has 35 heavy (non-hydrogen) atoms. The molecule has 3 aromatic carbocycles. The topological polar surface area (TPSA) is 66.3 Å². The van der Waals surface area contributed by atoms with Crippen LogP contribution in [-0.2, 0) is 11.3 Å². The van der Waals surface area contributed by atoms with Gasteiger partial charge in [-0.15, -0.1) is 0 Å². The van der Waals surface area contributed by atoms with Crippen LogP contribution in [0.4, 0.5) is 11.4 Å². The number of amides is 1. The molecule has 5 aromatic rings. The first kappa shape index (κ1) is 21.6. The molecular formula is C28H28N6O. The Kier molecular flexibility index (Phi) is 5.54. The summed E-state index contributed by atoms with van der Waals surface area (Å²) in [5.41, 5.74) is 6.48. The highest BCUT2D eigenvalue weighted by Gasteiger charge is 2.16. The van der Waals surface area contributed by atoms with Crippen molar-refractivity contribution in [3.05, 3.63) is 72.8 Å². The van der Waals surface area contributed by atoms with Crippen LogP contribution in [0.15, 0.2) is 72.8 Å². The van der Waals surface area contributed by atoms with Crippen molar-refractivity contribution in [2.75, 3.05) is 43.4 Å². The number of nitrogens with zero attached hydrogens (tertiary/aromatic N) is 5. The number of fused-ring (bicyclic) bond motifs is 4. The van der Waals surface area contributed by atoms with Crippen molar-refractivity contribution in [2.45, 2.75) is 13.0 Å². The number of piperazine rings is 1. The van der Waals surface area contributed by atoms with E-state index in [2.05, 4.69) is 51.0 Å². The molecule has 0 saturated carbocycles. The van der Waals surface area contributed by atoms with Gasteiger partial charge in [-0.1, -0.05) is 30.3 Å². The monoisotopic (exact) mass is 464 g/mol. The van der Waals surface area contributed by atoms with E-state index >= 15 is 0 Å². The van der Waals surface area contributed by atoms with E-state index in [9.17, 15) is 4.79 Å². The minimum Gasteiger partial charge on any atom is -0.369 e. The number of carbonyl (C=O) groups excluding carboxylic acids is 1. The van der Waals surface area contributed by atoms with Crippen LogP contribution < -0.4 is 10.2 Å². The molecule has 1 aliphatic rings. The SMILES string of the molecule is CN1CCN(c2ccc(NC(=O)CCn3c4ccccc4c4nc5ccccc5nc43)cc2)CC1. The van der Waals surface area contributed by atoms with Crippen molar-refractivity contribution in [1.29, 1.82) is 0 Å². The Balaban J connectivity index is 1.19. The number of carbonyl (C=O) groups is 1. The zero-order valence-electron chi connectivity index (χ0n) is 19.8. The van der Waals surface area contributed by atoms with Gasteiger partial charge in [0, 0.05) is 55.9 Å². The van der Waals surface area contributed by atoms with Crippen molar-refractivity contribution >= 4 is 50.4 Å². The molecule has 1 amide bonds. The number of rotatable bonds is 5. The third kappa shape index (κ3) is 4.19. The van der Waals surface area contributed by atoms with Crippen LogP contribution in [0, 0.1) is 0 Å². The van der Waals surface area contributed by atoms with Crippen LogP contribution in [0.5, 0.6) is 0 Å². The lowest BCUT2D eigenvalue weighted by Crippen LogP contribution is -2.44. The molecular weight excluding hydrogens is 436 g/mol. The molecule has 0 atom stereocenters. The number of nitrogens with one attached hydrogen (secondary N) is 1. The van der Waals surface area contributed by atoms with Gasteiger partial charge in [0.15, 0.2) is 5.65 Å². The van der Waals surface area contributed by atoms with E-state index in [0.29, 0.717) is 13.0 Å². The van der Waals surface area contributed by atoms with Gasteiger partial charge in [-0.2, -0.15) is 0 Å². The Bertz CT molecular complexity index is 1520. The van der Waals surface area contributed by atoms with Gasteiger partial charge in [-0.25, -0.2) is 9.97 Å². The molecule has 0 aliphatic carbocycles. The van der Waals surface area contributed by atoms with E-state index in [1.54, 1.807) is 0 Å². The lowest BCUT2D eigenvalue weighted by atomic mass is 10.2. The fraction of sp³-hybridized carbons (Fsp3) is 0.250. The zero-order chi connectivity index (χ0) is 23.8. The van der Waals surface area contributed by atoms with E-state index in [0.717, 1.165) is 65.0 Å². The Morgan fingerprint density at radius 3 is 2.31 bits per heavy atom. The Hall–Kier alpha value is -3.97. The number of para-hydroxylation sites is 3. The Labute approximate surface area is 204 Å². The molecule has 0 radical (unpaired) electrons. The van der Waals surface area contributed by atoms with Crippen molar-refractivity contribution in [2.24, 2.45) is 0 Å². The highest BCUT2D eigenvalue weighted by Crippen LogP contribution is 2.28. The van der Waals surface area contributed by atoms with Crippen molar-refractivity contribution in [3.63, 3.8) is 0 Å². The lowest BCUT2D eigenvalue weighted by molar-refractivity contribution is -0.116. The normalized spacial score (nSPS) is 14.7. The third-order valence-electron chi connectivity index (χ3n) is 6.84. The summed E-state index contributed by atoms with van der Waals surface area (Å²) in [4.78, 5) is 27.3. The number of aromatic nitrogens is 3. The third-order valence-corrected chi connectivity index (χ3v) is 6.84. The molecule has 176 valence electrons. The largest absolute Gasteiger partial charge is 0.369 e. The van der Waals surface area contributed by atoms with E-state index < -0.39 is 0 Å². The van der Waals surface area contributed by atoms with E-state index in [4.69, 9.17) is 9.97 Å². The summed E-state index contributed by atoms with van der Waals surface area (Å²) in [7, 11) is 2.16. The van der Waals surface area contributed by atoms with Gasteiger partial charge in [-0.05, 0) is 49.5 Å². The predicted molar refractivity (Wildman–Crippen MR) is 142 cm³/mol. The summed E-state index contributed by atoms with van der Waals surface area (Å²) in [6.45, 7) is 4.73. The first-order chi connectivity index (χ1) is 17.2. The van der Waals surface area contributed by atoms with Crippen molar-refractivity contribution in [3.8, 4) is 0 Å². The number of anilines is 2. The van der Waals surface area contributed by atoms with Gasteiger partial charge in [0.2, 0.25) is 5.91 Å². The van der Waals surface area contributed by atoms with Crippen LogP contribution >= 0.6 is 0 Å². The van der Waals surface area contributed by atoms with Gasteiger partial charge in [-0.3, -0.25) is 4.79 Å². The van der Waals surface area contributed by atoms with Crippen LogP contribution in [0.1, 0.15) is 6.42 Å². The fourth-order valence-corrected chi connectivity index (χ4v) is 4.87. The van der Waals surface area contributed by atoms with E-state index in [1.807, 2.05) is 48.5 Å². The maximum atomic E-state index is 12.8. The standard InChI is InChI=1S/C28H28N6O/c1-32-16-18-33(19-17-32)21-12-10-20(11-13-21)29-26(35)14-15-34-25-9-5-2-6-22(25)27-28(34)31-24-8-4-3-7-23(24)30-27/h2-13H,14-19H2,1H3,(H,29,35). The number of aryl methyl sites for hydroxylation is 1. The van der Waals surface area contributed by atoms with Crippen LogP contribution in [0.25, 0.3) is 33.1 Å². The molecule has 1 fully saturated rings. The Morgan fingerprint density at radius 1 is 0.857 bits per heavy atom. The summed E-state index contributed by atoms with van der Waals surface area (Å²) in [6, 6.07) is 24.2. The number of hydrogen-bond acceptors (Lipinski definition) is 5. The number of hydrogen-bond donors (Lipinski definition) is 1. The maximum Gasteiger partial charge on any atom is 0.226 e. The minimum absolute atomic E-state index is 0.0166. The van der Waals surface area contributed by atoms with E-state index in [-0.39, 0.29) is 5.91 Å². The summed E-state index contributed by atoms with van der Waals surface area (Å²) in [6.07, 6.45) is 0.350. The quantitative estimate of drug-likeness (QED) is 0.414. The molecule has 1 saturated heterocycles. The van der Waals surface area contributed by atoms with E-state index in [1.165, 1.54) is 5.69 Å². The van der Waals surface area contributed by atoms with Gasteiger partial charge >= 0.3 is 0 Å². The molecule has 1 N–H and O–H groups in total. The Morgan fingerprint density at radius 2 is 1.54 bits per heavy atom. The molecule has 2 aromatic heterocycles. The fourth-order valence-electron chi connectivity index (χ4n) is 4.87. The second-order valence-electron chi connectivity index (χ2n) is 9.19. The second kappa shape index (κ2) is 9.00. The van der Waals surface area contributed by atoms with Crippen molar-refractivity contribution < 1.29 is 4.79 Å². The second-order valence-corrected chi connectivity index (χ2v) is 9.19. The summed E-state index contributed by atoms with van der Waals surface area (Å²) < 4.78 is 2.11. The molecule has 0 bridgehead atoms. The van der Waals surface area contributed by atoms with Gasteiger partial charge in [0.25, 0.3) is 0 Å². The lowest BCUT2D eigenvalue weighted by Gasteiger charge is -2.34. The molecule has 0 unspecified atom stereocenters. The highest BCUT2D eigenvalue weighted by molar-refractivity contribution is 6.06. The van der Waals surface area contributed by atoms with Gasteiger partial charge < -0.3 is 19.7 Å².